The van der Waals surface area contributed by atoms with Gasteiger partial charge in [0.05, 0.1) is 11.1 Å². The number of Topliss-reactive ketones (excluding diaryl/α,β-unsaturated/α-hetero) is 1. The highest BCUT2D eigenvalue weighted by Gasteiger charge is 2.40. The summed E-state index contributed by atoms with van der Waals surface area (Å²) in [5, 5.41) is 2.07. The molecule has 31 heavy (non-hydrogen) atoms. The Morgan fingerprint density at radius 2 is 1.68 bits per heavy atom. The van der Waals surface area contributed by atoms with Crippen LogP contribution < -0.4 is 5.32 Å². The number of carbonyl (C=O) groups excluding carboxylic acids is 5. The molecule has 3 aliphatic rings. The van der Waals surface area contributed by atoms with Crippen molar-refractivity contribution in [2.45, 2.75) is 64.6 Å². The Kier molecular flexibility index (Phi) is 6.00. The molecule has 1 saturated carbocycles. The molecule has 1 N–H and O–H groups in total. The van der Waals surface area contributed by atoms with Crippen LogP contribution in [0.4, 0.5) is 0 Å². The van der Waals surface area contributed by atoms with Gasteiger partial charge in [-0.1, -0.05) is 0 Å². The zero-order valence-corrected chi connectivity index (χ0v) is 17.7. The van der Waals surface area contributed by atoms with E-state index in [0.29, 0.717) is 48.5 Å². The molecular weight excluding hydrogens is 398 g/mol. The molecule has 0 bridgehead atoms. The van der Waals surface area contributed by atoms with E-state index in [1.165, 1.54) is 4.90 Å². The fourth-order valence-electron chi connectivity index (χ4n) is 4.91. The minimum absolute atomic E-state index is 0.0610. The van der Waals surface area contributed by atoms with E-state index < -0.39 is 11.9 Å². The molecule has 1 aromatic carbocycles. The Bertz CT molecular complexity index is 902. The highest BCUT2D eigenvalue weighted by Crippen LogP contribution is 2.34. The fraction of sp³-hybridized carbons (Fsp3) is 0.522. The van der Waals surface area contributed by atoms with E-state index in [1.807, 2.05) is 12.1 Å². The summed E-state index contributed by atoms with van der Waals surface area (Å²) >= 11 is 0. The second-order valence-electron chi connectivity index (χ2n) is 8.87. The summed E-state index contributed by atoms with van der Waals surface area (Å²) in [5.41, 5.74) is 3.01. The van der Waals surface area contributed by atoms with E-state index in [9.17, 15) is 24.0 Å². The quantitative estimate of drug-likeness (QED) is 0.528. The molecule has 4 rings (SSSR count). The van der Waals surface area contributed by atoms with E-state index in [2.05, 4.69) is 10.2 Å². The largest absolute Gasteiger partial charge is 0.300 e. The van der Waals surface area contributed by atoms with Crippen molar-refractivity contribution in [2.75, 3.05) is 6.54 Å². The molecule has 0 spiro atoms. The van der Waals surface area contributed by atoms with Crippen molar-refractivity contribution in [2.24, 2.45) is 5.92 Å². The van der Waals surface area contributed by atoms with Crippen molar-refractivity contribution in [3.05, 3.63) is 34.4 Å². The number of nitrogens with zero attached hydrogens (tertiary/aromatic N) is 2. The highest BCUT2D eigenvalue weighted by atomic mass is 16.2. The van der Waals surface area contributed by atoms with Crippen LogP contribution in [0, 0.1) is 5.92 Å². The molecular formula is C23H27N3O5. The summed E-state index contributed by atoms with van der Waals surface area (Å²) in [5.74, 6) is -0.196. The van der Waals surface area contributed by atoms with Gasteiger partial charge in [0, 0.05) is 44.9 Å². The monoisotopic (exact) mass is 425 g/mol. The lowest BCUT2D eigenvalue weighted by Crippen LogP contribution is -2.38. The van der Waals surface area contributed by atoms with Crippen LogP contribution in [-0.2, 0) is 27.5 Å². The average molecular weight is 425 g/mol. The lowest BCUT2D eigenvalue weighted by Gasteiger charge is -2.26. The first-order valence-corrected chi connectivity index (χ1v) is 10.9. The fourth-order valence-corrected chi connectivity index (χ4v) is 4.91. The molecule has 0 saturated heterocycles. The summed E-state index contributed by atoms with van der Waals surface area (Å²) in [6, 6.07) is 3.26. The van der Waals surface area contributed by atoms with Gasteiger partial charge < -0.3 is 0 Å². The Morgan fingerprint density at radius 1 is 1.10 bits per heavy atom. The number of carbonyl (C=O) groups is 5. The highest BCUT2D eigenvalue weighted by molar-refractivity contribution is 6.21. The number of fused-ring (bicyclic) bond motifs is 2. The zero-order chi connectivity index (χ0) is 22.1. The lowest BCUT2D eigenvalue weighted by molar-refractivity contribution is -0.125. The zero-order valence-electron chi connectivity index (χ0n) is 17.7. The molecule has 1 aromatic rings. The van der Waals surface area contributed by atoms with Crippen molar-refractivity contribution in [1.29, 1.82) is 0 Å². The van der Waals surface area contributed by atoms with Crippen LogP contribution in [0.2, 0.25) is 0 Å². The van der Waals surface area contributed by atoms with Gasteiger partial charge in [-0.25, -0.2) is 0 Å². The minimum Gasteiger partial charge on any atom is -0.300 e. The molecule has 1 unspecified atom stereocenters. The number of nitrogens with one attached hydrogen (secondary N) is 1. The van der Waals surface area contributed by atoms with Crippen LogP contribution in [0.1, 0.15) is 77.3 Å². The van der Waals surface area contributed by atoms with Crippen molar-refractivity contribution in [1.82, 2.24) is 15.1 Å². The van der Waals surface area contributed by atoms with Gasteiger partial charge in [-0.3, -0.25) is 39.1 Å². The summed E-state index contributed by atoms with van der Waals surface area (Å²) < 4.78 is 0. The van der Waals surface area contributed by atoms with Gasteiger partial charge >= 0.3 is 0 Å². The molecule has 164 valence electrons. The van der Waals surface area contributed by atoms with E-state index in [1.54, 1.807) is 6.92 Å². The number of hydrogen-bond donors (Lipinski definition) is 1. The second kappa shape index (κ2) is 8.70. The summed E-state index contributed by atoms with van der Waals surface area (Å²) in [6.07, 6.45) is 3.91. The third-order valence-corrected chi connectivity index (χ3v) is 6.66. The topological polar surface area (TPSA) is 104 Å². The molecule has 0 radical (unpaired) electrons. The first-order chi connectivity index (χ1) is 14.9. The molecule has 1 aliphatic carbocycles. The van der Waals surface area contributed by atoms with Gasteiger partial charge in [-0.2, -0.15) is 0 Å². The van der Waals surface area contributed by atoms with Crippen LogP contribution in [0.5, 0.6) is 0 Å². The van der Waals surface area contributed by atoms with Gasteiger partial charge in [0.25, 0.3) is 11.8 Å². The van der Waals surface area contributed by atoms with Gasteiger partial charge in [-0.15, -0.1) is 0 Å². The molecule has 1 atom stereocenters. The molecule has 2 aliphatic heterocycles. The number of amides is 4. The normalized spacial score (nSPS) is 20.0. The summed E-state index contributed by atoms with van der Waals surface area (Å²) in [7, 11) is 0. The van der Waals surface area contributed by atoms with Gasteiger partial charge in [0.2, 0.25) is 12.3 Å². The first kappa shape index (κ1) is 21.4. The number of ketones is 1. The van der Waals surface area contributed by atoms with E-state index in [0.717, 1.165) is 43.6 Å². The van der Waals surface area contributed by atoms with E-state index in [-0.39, 0.29) is 18.2 Å². The van der Waals surface area contributed by atoms with Crippen LogP contribution in [0.25, 0.3) is 0 Å². The van der Waals surface area contributed by atoms with Crippen LogP contribution in [0.3, 0.4) is 0 Å². The predicted molar refractivity (Wildman–Crippen MR) is 111 cm³/mol. The first-order valence-electron chi connectivity index (χ1n) is 10.9. The van der Waals surface area contributed by atoms with E-state index in [4.69, 9.17) is 0 Å². The van der Waals surface area contributed by atoms with E-state index >= 15 is 0 Å². The number of hydrogen-bond acceptors (Lipinski definition) is 6. The van der Waals surface area contributed by atoms with Crippen LogP contribution in [-0.4, -0.2) is 52.3 Å². The predicted octanol–water partition coefficient (Wildman–Crippen LogP) is 1.80. The number of benzene rings is 1. The second-order valence-corrected chi connectivity index (χ2v) is 8.87. The third-order valence-electron chi connectivity index (χ3n) is 6.66. The van der Waals surface area contributed by atoms with Gasteiger partial charge in [0.1, 0.15) is 5.78 Å². The maximum absolute atomic E-state index is 13.0. The summed E-state index contributed by atoms with van der Waals surface area (Å²) in [4.78, 5) is 62.8. The van der Waals surface area contributed by atoms with Gasteiger partial charge in [-0.05, 0) is 55.4 Å². The number of imide groups is 2. The molecule has 8 heteroatoms. The third kappa shape index (κ3) is 4.30. The average Bonchev–Trinajstić information content (AvgIpc) is 3.24. The Morgan fingerprint density at radius 3 is 2.23 bits per heavy atom. The molecule has 4 amide bonds. The Balaban J connectivity index is 1.41. The van der Waals surface area contributed by atoms with Crippen molar-refractivity contribution >= 4 is 29.9 Å². The van der Waals surface area contributed by atoms with Crippen molar-refractivity contribution in [3.8, 4) is 0 Å². The maximum atomic E-state index is 13.0. The van der Waals surface area contributed by atoms with Crippen molar-refractivity contribution < 1.29 is 24.0 Å². The summed E-state index contributed by atoms with van der Waals surface area (Å²) in [6.45, 7) is 4.16. The smallest absolute Gasteiger partial charge is 0.261 e. The minimum atomic E-state index is -0.440. The van der Waals surface area contributed by atoms with Gasteiger partial charge in [0.15, 0.2) is 0 Å². The van der Waals surface area contributed by atoms with Crippen LogP contribution in [0.15, 0.2) is 12.1 Å². The standard InChI is InChI=1S/C23H27N3O5/c1-14(2-7-21(29)24-13-27)26-22(30)19-8-16-11-25(10-15-3-5-18(28)6-4-15)12-17(16)9-20(19)23(26)31/h8-9,13-15H,2-7,10-12H2,1H3,(H,24,27,29). The van der Waals surface area contributed by atoms with Crippen molar-refractivity contribution in [3.63, 3.8) is 0 Å². The Hall–Kier alpha value is -2.87. The number of rotatable bonds is 7. The van der Waals surface area contributed by atoms with Crippen LogP contribution >= 0.6 is 0 Å². The molecule has 0 aromatic heterocycles. The Labute approximate surface area is 180 Å². The molecule has 1 fully saturated rings. The molecule has 8 nitrogen and oxygen atoms in total. The lowest BCUT2D eigenvalue weighted by atomic mass is 9.88. The molecule has 2 heterocycles. The maximum Gasteiger partial charge on any atom is 0.261 e. The SMILES string of the molecule is CC(CCC(=O)NC=O)N1C(=O)c2cc3c(cc2C1=O)CN(CC1CCC(=O)CC1)C3.